The number of nitrogens with one attached hydrogen (secondary N) is 2. The SMILES string of the molecule is CNS(=O)(=O)c1ccc2c(c1)CNC2(C(N)=O)c1ccc(C(O)(C(F)(F)F)C(F)(F)F)cc1. The van der Waals surface area contributed by atoms with Gasteiger partial charge >= 0.3 is 12.4 Å². The Balaban J connectivity index is 2.14. The molecule has 0 fully saturated rings. The van der Waals surface area contributed by atoms with Gasteiger partial charge in [-0.1, -0.05) is 30.3 Å². The summed E-state index contributed by atoms with van der Waals surface area (Å²) in [6.45, 7) is -0.0673. The topological polar surface area (TPSA) is 122 Å². The average molecular weight is 497 g/mol. The Kier molecular flexibility index (Phi) is 5.81. The van der Waals surface area contributed by atoms with Crippen LogP contribution in [0.25, 0.3) is 0 Å². The zero-order valence-electron chi connectivity index (χ0n) is 16.7. The molecule has 0 aromatic heterocycles. The molecule has 7 nitrogen and oxygen atoms in total. The number of carbonyl (C=O) groups excluding carboxylic acids is 1. The molecule has 33 heavy (non-hydrogen) atoms. The standard InChI is InChI=1S/C19H17F6N3O4S/c1-27-33(31,32)13-6-7-14-10(8-13)9-28-16(14,15(26)29)11-2-4-12(5-3-11)17(30,18(20,21)22)19(23,24)25/h2-8,27-28,30H,9H2,1H3,(H2,26,29). The summed E-state index contributed by atoms with van der Waals surface area (Å²) in [5, 5.41) is 12.3. The average Bonchev–Trinajstić information content (AvgIpc) is 3.11. The van der Waals surface area contributed by atoms with Crippen molar-refractivity contribution in [3.63, 3.8) is 0 Å². The molecule has 180 valence electrons. The Hall–Kier alpha value is -2.68. The van der Waals surface area contributed by atoms with Crippen molar-refractivity contribution >= 4 is 15.9 Å². The van der Waals surface area contributed by atoms with Crippen LogP contribution < -0.4 is 15.8 Å². The maximum absolute atomic E-state index is 13.1. The smallest absolute Gasteiger partial charge is 0.369 e. The van der Waals surface area contributed by atoms with Crippen LogP contribution in [-0.4, -0.2) is 38.8 Å². The van der Waals surface area contributed by atoms with Crippen molar-refractivity contribution in [1.29, 1.82) is 0 Å². The summed E-state index contributed by atoms with van der Waals surface area (Å²) in [6.07, 6.45) is -12.1. The lowest BCUT2D eigenvalue weighted by molar-refractivity contribution is -0.376. The highest BCUT2D eigenvalue weighted by Gasteiger charge is 2.71. The number of hydrogen-bond donors (Lipinski definition) is 4. The van der Waals surface area contributed by atoms with E-state index in [0.717, 1.165) is 12.1 Å². The predicted octanol–water partition coefficient (Wildman–Crippen LogP) is 1.74. The second-order valence-corrected chi connectivity index (χ2v) is 9.16. The van der Waals surface area contributed by atoms with Gasteiger partial charge in [0, 0.05) is 12.1 Å². The monoisotopic (exact) mass is 497 g/mol. The number of primary amides is 1. The molecule has 2 aromatic rings. The van der Waals surface area contributed by atoms with Gasteiger partial charge in [-0.15, -0.1) is 0 Å². The van der Waals surface area contributed by atoms with Gasteiger partial charge in [0.25, 0.3) is 5.60 Å². The van der Waals surface area contributed by atoms with Crippen LogP contribution in [-0.2, 0) is 32.5 Å². The summed E-state index contributed by atoms with van der Waals surface area (Å²) < 4.78 is 105. The Labute approximate surface area is 183 Å². The lowest BCUT2D eigenvalue weighted by Gasteiger charge is -2.33. The lowest BCUT2D eigenvalue weighted by Crippen LogP contribution is -2.54. The molecule has 0 saturated carbocycles. The van der Waals surface area contributed by atoms with Gasteiger partial charge in [-0.25, -0.2) is 13.1 Å². The highest BCUT2D eigenvalue weighted by atomic mass is 32.2. The zero-order valence-corrected chi connectivity index (χ0v) is 17.5. The minimum atomic E-state index is -6.07. The van der Waals surface area contributed by atoms with Gasteiger partial charge in [-0.2, -0.15) is 26.3 Å². The van der Waals surface area contributed by atoms with Crippen LogP contribution in [0, 0.1) is 0 Å². The number of sulfonamides is 1. The van der Waals surface area contributed by atoms with E-state index in [9.17, 15) is 44.7 Å². The van der Waals surface area contributed by atoms with Crippen LogP contribution in [0.1, 0.15) is 22.3 Å². The fourth-order valence-electron chi connectivity index (χ4n) is 3.76. The summed E-state index contributed by atoms with van der Waals surface area (Å²) in [7, 11) is -2.63. The Morgan fingerprint density at radius 1 is 1.06 bits per heavy atom. The number of halogens is 6. The minimum absolute atomic E-state index is 0.0673. The molecule has 1 aliphatic heterocycles. The molecule has 1 aliphatic rings. The molecule has 0 aliphatic carbocycles. The van der Waals surface area contributed by atoms with Gasteiger partial charge in [-0.3, -0.25) is 10.1 Å². The highest BCUT2D eigenvalue weighted by Crippen LogP contribution is 2.50. The molecule has 1 atom stereocenters. The van der Waals surface area contributed by atoms with Crippen LogP contribution in [0.2, 0.25) is 0 Å². The molecule has 3 rings (SSSR count). The molecule has 2 aromatic carbocycles. The maximum atomic E-state index is 13.1. The molecule has 1 heterocycles. The first kappa shape index (κ1) is 25.0. The third-order valence-electron chi connectivity index (χ3n) is 5.53. The van der Waals surface area contributed by atoms with Crippen molar-refractivity contribution in [3.8, 4) is 0 Å². The molecule has 0 radical (unpaired) electrons. The maximum Gasteiger partial charge on any atom is 0.430 e. The molecule has 1 unspecified atom stereocenters. The van der Waals surface area contributed by atoms with E-state index in [4.69, 9.17) is 5.73 Å². The molecular weight excluding hydrogens is 480 g/mol. The zero-order chi connectivity index (χ0) is 25.0. The summed E-state index contributed by atoms with van der Waals surface area (Å²) in [5.41, 5.74) is -2.53. The quantitative estimate of drug-likeness (QED) is 0.469. The molecule has 5 N–H and O–H groups in total. The molecule has 0 saturated heterocycles. The first-order chi connectivity index (χ1) is 15.0. The molecule has 0 bridgehead atoms. The van der Waals surface area contributed by atoms with Crippen LogP contribution >= 0.6 is 0 Å². The number of benzene rings is 2. The van der Waals surface area contributed by atoms with Gasteiger partial charge in [-0.05, 0) is 35.9 Å². The third-order valence-corrected chi connectivity index (χ3v) is 6.94. The normalized spacial score (nSPS) is 19.4. The number of nitrogens with two attached hydrogens (primary N) is 1. The molecular formula is C19H17F6N3O4S. The number of alkyl halides is 6. The van der Waals surface area contributed by atoms with Crippen LogP contribution in [0.3, 0.4) is 0 Å². The summed E-state index contributed by atoms with van der Waals surface area (Å²) >= 11 is 0. The first-order valence-electron chi connectivity index (χ1n) is 9.11. The van der Waals surface area contributed by atoms with Crippen LogP contribution in [0.4, 0.5) is 26.3 Å². The van der Waals surface area contributed by atoms with E-state index in [-0.39, 0.29) is 22.6 Å². The van der Waals surface area contributed by atoms with Crippen molar-refractivity contribution in [2.45, 2.75) is 34.9 Å². The van der Waals surface area contributed by atoms with E-state index in [2.05, 4.69) is 10.0 Å². The largest absolute Gasteiger partial charge is 0.430 e. The van der Waals surface area contributed by atoms with Gasteiger partial charge in [0.05, 0.1) is 4.90 Å². The van der Waals surface area contributed by atoms with Crippen molar-refractivity contribution in [2.75, 3.05) is 7.05 Å². The predicted molar refractivity (Wildman–Crippen MR) is 102 cm³/mol. The number of aliphatic hydroxyl groups is 1. The van der Waals surface area contributed by atoms with Gasteiger partial charge < -0.3 is 10.8 Å². The summed E-state index contributed by atoms with van der Waals surface area (Å²) in [5.74, 6) is -1.03. The van der Waals surface area contributed by atoms with Crippen molar-refractivity contribution in [1.82, 2.24) is 10.0 Å². The van der Waals surface area contributed by atoms with Gasteiger partial charge in [0.2, 0.25) is 15.9 Å². The van der Waals surface area contributed by atoms with Crippen molar-refractivity contribution in [2.24, 2.45) is 5.73 Å². The minimum Gasteiger partial charge on any atom is -0.369 e. The molecule has 14 heteroatoms. The number of fused-ring (bicyclic) bond motifs is 1. The number of carbonyl (C=O) groups is 1. The summed E-state index contributed by atoms with van der Waals surface area (Å²) in [6, 6.07) is 6.14. The van der Waals surface area contributed by atoms with Crippen LogP contribution in [0.15, 0.2) is 47.4 Å². The van der Waals surface area contributed by atoms with Gasteiger partial charge in [0.1, 0.15) is 5.54 Å². The van der Waals surface area contributed by atoms with E-state index in [0.29, 0.717) is 17.7 Å². The second-order valence-electron chi connectivity index (χ2n) is 7.28. The Morgan fingerprint density at radius 2 is 1.61 bits per heavy atom. The number of amides is 1. The Morgan fingerprint density at radius 3 is 2.06 bits per heavy atom. The third kappa shape index (κ3) is 3.66. The summed E-state index contributed by atoms with van der Waals surface area (Å²) in [4.78, 5) is 12.3. The van der Waals surface area contributed by atoms with E-state index < -0.39 is 45.0 Å². The fourth-order valence-corrected chi connectivity index (χ4v) is 4.54. The van der Waals surface area contributed by atoms with Crippen molar-refractivity contribution < 1.29 is 44.7 Å². The molecule has 1 amide bonds. The first-order valence-corrected chi connectivity index (χ1v) is 10.6. The van der Waals surface area contributed by atoms with E-state index >= 15 is 0 Å². The highest BCUT2D eigenvalue weighted by molar-refractivity contribution is 7.89. The number of rotatable bonds is 5. The number of hydrogen-bond acceptors (Lipinski definition) is 5. The van der Waals surface area contributed by atoms with E-state index in [1.54, 1.807) is 0 Å². The Bertz CT molecular complexity index is 1180. The van der Waals surface area contributed by atoms with Gasteiger partial charge in [0.15, 0.2) is 0 Å². The second kappa shape index (κ2) is 7.68. The molecule has 0 spiro atoms. The fraction of sp³-hybridized carbons (Fsp3) is 0.316. The van der Waals surface area contributed by atoms with Crippen molar-refractivity contribution in [3.05, 3.63) is 64.7 Å². The van der Waals surface area contributed by atoms with Crippen LogP contribution in [0.5, 0.6) is 0 Å². The van der Waals surface area contributed by atoms with E-state index in [1.165, 1.54) is 25.2 Å². The van der Waals surface area contributed by atoms with E-state index in [1.807, 2.05) is 0 Å². The lowest BCUT2D eigenvalue weighted by atomic mass is 9.81.